The van der Waals surface area contributed by atoms with Crippen LogP contribution in [0, 0.1) is 27.2 Å². The number of rotatable bonds is 8. The third kappa shape index (κ3) is 4.78. The molecule has 2 aromatic carbocycles. The number of anilines is 1. The lowest BCUT2D eigenvalue weighted by Gasteiger charge is -2.10. The Balaban J connectivity index is 1.96. The van der Waals surface area contributed by atoms with Gasteiger partial charge in [0.05, 0.1) is 22.1 Å². The van der Waals surface area contributed by atoms with Crippen LogP contribution in [-0.4, -0.2) is 35.1 Å². The van der Waals surface area contributed by atoms with Crippen molar-refractivity contribution in [2.75, 3.05) is 11.3 Å². The molecular formula is C19H17N5O7S. The topological polar surface area (TPSA) is 167 Å². The number of aromatic nitrogens is 2. The molecule has 3 rings (SSSR count). The summed E-state index contributed by atoms with van der Waals surface area (Å²) in [7, 11) is -4.37. The zero-order chi connectivity index (χ0) is 23.5. The van der Waals surface area contributed by atoms with Crippen molar-refractivity contribution < 1.29 is 23.0 Å². The van der Waals surface area contributed by atoms with Gasteiger partial charge >= 0.3 is 0 Å². The van der Waals surface area contributed by atoms with Crippen LogP contribution in [-0.2, 0) is 10.0 Å². The number of ether oxygens (including phenoxy) is 1. The Morgan fingerprint density at radius 1 is 1.00 bits per heavy atom. The Labute approximate surface area is 182 Å². The van der Waals surface area contributed by atoms with E-state index in [-0.39, 0.29) is 11.3 Å². The van der Waals surface area contributed by atoms with Gasteiger partial charge in [0.15, 0.2) is 0 Å². The Bertz CT molecular complexity index is 1260. The lowest BCUT2D eigenvalue weighted by atomic mass is 10.1. The van der Waals surface area contributed by atoms with Gasteiger partial charge in [-0.15, -0.1) is 10.2 Å². The van der Waals surface area contributed by atoms with E-state index in [4.69, 9.17) is 4.74 Å². The zero-order valence-corrected chi connectivity index (χ0v) is 17.7. The summed E-state index contributed by atoms with van der Waals surface area (Å²) in [4.78, 5) is 20.2. The molecule has 0 aliphatic heterocycles. The number of sulfonamides is 1. The van der Waals surface area contributed by atoms with Crippen molar-refractivity contribution in [3.8, 4) is 17.1 Å². The molecule has 0 aliphatic rings. The van der Waals surface area contributed by atoms with Crippen molar-refractivity contribution in [2.45, 2.75) is 18.7 Å². The number of nitrogens with one attached hydrogen (secondary N) is 1. The second-order valence-corrected chi connectivity index (χ2v) is 8.16. The molecule has 12 nitrogen and oxygen atoms in total. The fourth-order valence-corrected chi connectivity index (χ4v) is 3.94. The minimum Gasteiger partial charge on any atom is -0.477 e. The molecule has 3 aromatic rings. The molecule has 0 radical (unpaired) electrons. The second-order valence-electron chi connectivity index (χ2n) is 6.48. The van der Waals surface area contributed by atoms with Crippen LogP contribution in [0.2, 0.25) is 0 Å². The van der Waals surface area contributed by atoms with E-state index in [1.54, 1.807) is 24.3 Å². The molecule has 0 aliphatic carbocycles. The van der Waals surface area contributed by atoms with Crippen LogP contribution in [0.5, 0.6) is 5.88 Å². The minimum absolute atomic E-state index is 0.129. The number of nitrogens with zero attached hydrogens (tertiary/aromatic N) is 4. The average molecular weight is 459 g/mol. The summed E-state index contributed by atoms with van der Waals surface area (Å²) in [6.07, 6.45) is 0. The summed E-state index contributed by atoms with van der Waals surface area (Å²) in [5.74, 6) is 0.343. The number of benzene rings is 2. The number of nitro groups is 2. The lowest BCUT2D eigenvalue weighted by molar-refractivity contribution is -0.395. The number of nitro benzene ring substituents is 2. The van der Waals surface area contributed by atoms with Crippen LogP contribution in [0.4, 0.5) is 17.1 Å². The van der Waals surface area contributed by atoms with E-state index in [1.807, 2.05) is 6.92 Å². The van der Waals surface area contributed by atoms with E-state index >= 15 is 0 Å². The van der Waals surface area contributed by atoms with Crippen molar-refractivity contribution in [1.82, 2.24) is 10.2 Å². The molecule has 0 spiro atoms. The number of hydrogen-bond donors (Lipinski definition) is 1. The van der Waals surface area contributed by atoms with E-state index in [9.17, 15) is 28.6 Å². The van der Waals surface area contributed by atoms with Crippen LogP contribution < -0.4 is 9.46 Å². The van der Waals surface area contributed by atoms with E-state index in [0.717, 1.165) is 12.1 Å². The molecule has 0 saturated heterocycles. The van der Waals surface area contributed by atoms with Gasteiger partial charge in [0.1, 0.15) is 10.5 Å². The molecule has 1 heterocycles. The van der Waals surface area contributed by atoms with Crippen molar-refractivity contribution in [3.05, 3.63) is 74.3 Å². The highest BCUT2D eigenvalue weighted by molar-refractivity contribution is 7.92. The van der Waals surface area contributed by atoms with Gasteiger partial charge in [-0.3, -0.25) is 25.0 Å². The summed E-state index contributed by atoms with van der Waals surface area (Å²) in [6, 6.07) is 11.0. The Morgan fingerprint density at radius 3 is 2.19 bits per heavy atom. The standard InChI is InChI=1S/C19H17N5O7S/c1-3-31-19-8-7-16(20-21-19)13-5-4-6-14(9-13)22-32(29,30)15-10-17(23(25)26)12(2)18(11-15)24(27)28/h4-11,22H,3H2,1-2H3. The maximum atomic E-state index is 12.8. The van der Waals surface area contributed by atoms with E-state index in [0.29, 0.717) is 23.7 Å². The van der Waals surface area contributed by atoms with Crippen molar-refractivity contribution in [1.29, 1.82) is 0 Å². The molecule has 0 atom stereocenters. The third-order valence-electron chi connectivity index (χ3n) is 4.37. The Morgan fingerprint density at radius 2 is 1.66 bits per heavy atom. The molecule has 0 fully saturated rings. The zero-order valence-electron chi connectivity index (χ0n) is 16.9. The molecule has 0 saturated carbocycles. The van der Waals surface area contributed by atoms with Crippen LogP contribution in [0.3, 0.4) is 0 Å². The van der Waals surface area contributed by atoms with Gasteiger partial charge < -0.3 is 4.74 Å². The quantitative estimate of drug-likeness (QED) is 0.391. The average Bonchev–Trinajstić information content (AvgIpc) is 2.74. The molecule has 1 N–H and O–H groups in total. The van der Waals surface area contributed by atoms with E-state index < -0.39 is 36.1 Å². The highest BCUT2D eigenvalue weighted by atomic mass is 32.2. The van der Waals surface area contributed by atoms with Gasteiger partial charge in [-0.2, -0.15) is 0 Å². The monoisotopic (exact) mass is 459 g/mol. The van der Waals surface area contributed by atoms with Crippen molar-refractivity contribution >= 4 is 27.1 Å². The first-order chi connectivity index (χ1) is 15.1. The first-order valence-corrected chi connectivity index (χ1v) is 10.6. The van der Waals surface area contributed by atoms with E-state index in [1.165, 1.54) is 19.1 Å². The van der Waals surface area contributed by atoms with Crippen LogP contribution >= 0.6 is 0 Å². The summed E-state index contributed by atoms with van der Waals surface area (Å²) in [5.41, 5.74) is -0.451. The molecule has 0 bridgehead atoms. The molecule has 13 heteroatoms. The molecule has 0 amide bonds. The Hall–Kier alpha value is -4.13. The van der Waals surface area contributed by atoms with Crippen LogP contribution in [0.15, 0.2) is 53.4 Å². The summed E-state index contributed by atoms with van der Waals surface area (Å²) < 4.78 is 33.2. The van der Waals surface area contributed by atoms with Crippen LogP contribution in [0.25, 0.3) is 11.3 Å². The summed E-state index contributed by atoms with van der Waals surface area (Å²) in [5, 5.41) is 30.4. The van der Waals surface area contributed by atoms with Gasteiger partial charge in [-0.1, -0.05) is 12.1 Å². The highest BCUT2D eigenvalue weighted by Crippen LogP contribution is 2.32. The number of hydrogen-bond acceptors (Lipinski definition) is 9. The van der Waals surface area contributed by atoms with Gasteiger partial charge in [-0.05, 0) is 32.0 Å². The first-order valence-electron chi connectivity index (χ1n) is 9.15. The van der Waals surface area contributed by atoms with Crippen molar-refractivity contribution in [2.24, 2.45) is 0 Å². The molecular weight excluding hydrogens is 442 g/mol. The molecule has 32 heavy (non-hydrogen) atoms. The molecule has 0 unspecified atom stereocenters. The third-order valence-corrected chi connectivity index (χ3v) is 5.73. The summed E-state index contributed by atoms with van der Waals surface area (Å²) >= 11 is 0. The fourth-order valence-electron chi connectivity index (χ4n) is 2.85. The molecule has 166 valence electrons. The van der Waals surface area contributed by atoms with Gasteiger partial charge in [0.2, 0.25) is 5.88 Å². The predicted molar refractivity (Wildman–Crippen MR) is 114 cm³/mol. The van der Waals surface area contributed by atoms with Crippen molar-refractivity contribution in [3.63, 3.8) is 0 Å². The minimum atomic E-state index is -4.37. The SMILES string of the molecule is CCOc1ccc(-c2cccc(NS(=O)(=O)c3cc([N+](=O)[O-])c(C)c([N+](=O)[O-])c3)c2)nn1. The largest absolute Gasteiger partial charge is 0.477 e. The highest BCUT2D eigenvalue weighted by Gasteiger charge is 2.28. The fraction of sp³-hybridized carbons (Fsp3) is 0.158. The molecule has 1 aromatic heterocycles. The second kappa shape index (κ2) is 8.93. The summed E-state index contributed by atoms with van der Waals surface area (Å²) in [6.45, 7) is 3.42. The van der Waals surface area contributed by atoms with E-state index in [2.05, 4.69) is 14.9 Å². The normalized spacial score (nSPS) is 11.1. The van der Waals surface area contributed by atoms with Gasteiger partial charge in [0, 0.05) is 29.4 Å². The first kappa shape index (κ1) is 22.6. The van der Waals surface area contributed by atoms with Gasteiger partial charge in [-0.25, -0.2) is 8.42 Å². The predicted octanol–water partition coefficient (Wildman–Crippen LogP) is 3.47. The van der Waals surface area contributed by atoms with Crippen LogP contribution in [0.1, 0.15) is 12.5 Å². The van der Waals surface area contributed by atoms with Gasteiger partial charge in [0.25, 0.3) is 21.4 Å². The smallest absolute Gasteiger partial charge is 0.280 e. The maximum absolute atomic E-state index is 12.8. The Kier molecular flexibility index (Phi) is 6.30. The lowest BCUT2D eigenvalue weighted by Crippen LogP contribution is -2.14. The maximum Gasteiger partial charge on any atom is 0.280 e.